The van der Waals surface area contributed by atoms with Crippen molar-refractivity contribution in [3.63, 3.8) is 0 Å². The third kappa shape index (κ3) is 6.42. The van der Waals surface area contributed by atoms with Crippen molar-refractivity contribution in [2.45, 2.75) is 65.8 Å². The highest BCUT2D eigenvalue weighted by molar-refractivity contribution is 4.80. The van der Waals surface area contributed by atoms with Crippen molar-refractivity contribution in [1.29, 1.82) is 0 Å². The average molecular weight is 241 g/mol. The van der Waals surface area contributed by atoms with E-state index in [2.05, 4.69) is 33.0 Å². The van der Waals surface area contributed by atoms with Gasteiger partial charge in [-0.05, 0) is 43.6 Å². The highest BCUT2D eigenvalue weighted by Gasteiger charge is 2.25. The van der Waals surface area contributed by atoms with Crippen LogP contribution in [0.15, 0.2) is 0 Å². The van der Waals surface area contributed by atoms with Crippen LogP contribution in [-0.2, 0) is 4.74 Å². The Hall–Kier alpha value is -0.0800. The van der Waals surface area contributed by atoms with Crippen LogP contribution >= 0.6 is 0 Å². The average Bonchev–Trinajstić information content (AvgIpc) is 2.26. The SMILES string of the molecule is CCCNC1CCOCC1CCCC(C)(C)C. The maximum atomic E-state index is 5.63. The smallest absolute Gasteiger partial charge is 0.0509 e. The van der Waals surface area contributed by atoms with E-state index in [1.165, 1.54) is 32.1 Å². The summed E-state index contributed by atoms with van der Waals surface area (Å²) in [5.74, 6) is 0.734. The maximum absolute atomic E-state index is 5.63. The summed E-state index contributed by atoms with van der Waals surface area (Å²) in [6.45, 7) is 12.3. The van der Waals surface area contributed by atoms with Gasteiger partial charge in [0.15, 0.2) is 0 Å². The lowest BCUT2D eigenvalue weighted by atomic mass is 9.85. The second-order valence-corrected chi connectivity index (χ2v) is 6.64. The first-order chi connectivity index (χ1) is 8.03. The van der Waals surface area contributed by atoms with E-state index in [1.54, 1.807) is 0 Å². The van der Waals surface area contributed by atoms with E-state index >= 15 is 0 Å². The first kappa shape index (κ1) is 15.0. The topological polar surface area (TPSA) is 21.3 Å². The van der Waals surface area contributed by atoms with Crippen LogP contribution in [0.25, 0.3) is 0 Å². The Labute approximate surface area is 108 Å². The Kier molecular flexibility index (Phi) is 6.50. The number of ether oxygens (including phenoxy) is 1. The summed E-state index contributed by atoms with van der Waals surface area (Å²) in [4.78, 5) is 0. The van der Waals surface area contributed by atoms with Crippen LogP contribution in [0.2, 0.25) is 0 Å². The molecule has 0 aliphatic carbocycles. The fourth-order valence-electron chi connectivity index (χ4n) is 2.57. The van der Waals surface area contributed by atoms with E-state index in [-0.39, 0.29) is 0 Å². The summed E-state index contributed by atoms with van der Waals surface area (Å²) in [7, 11) is 0. The van der Waals surface area contributed by atoms with E-state index in [0.717, 1.165) is 25.7 Å². The predicted molar refractivity (Wildman–Crippen MR) is 74.3 cm³/mol. The lowest BCUT2D eigenvalue weighted by molar-refractivity contribution is 0.0270. The summed E-state index contributed by atoms with van der Waals surface area (Å²) in [6, 6.07) is 0.698. The first-order valence-corrected chi connectivity index (χ1v) is 7.34. The molecule has 0 amide bonds. The molecule has 2 unspecified atom stereocenters. The van der Waals surface area contributed by atoms with Gasteiger partial charge in [0.1, 0.15) is 0 Å². The van der Waals surface area contributed by atoms with Gasteiger partial charge in [-0.15, -0.1) is 0 Å². The highest BCUT2D eigenvalue weighted by atomic mass is 16.5. The molecule has 17 heavy (non-hydrogen) atoms. The number of nitrogens with one attached hydrogen (secondary N) is 1. The minimum Gasteiger partial charge on any atom is -0.381 e. The zero-order valence-corrected chi connectivity index (χ0v) is 12.2. The molecule has 0 spiro atoms. The van der Waals surface area contributed by atoms with E-state index in [4.69, 9.17) is 4.74 Å². The third-order valence-electron chi connectivity index (χ3n) is 3.63. The van der Waals surface area contributed by atoms with Gasteiger partial charge in [0, 0.05) is 12.6 Å². The van der Waals surface area contributed by atoms with Crippen molar-refractivity contribution in [3.05, 3.63) is 0 Å². The van der Waals surface area contributed by atoms with Crippen LogP contribution in [0.3, 0.4) is 0 Å². The molecule has 1 rings (SSSR count). The molecule has 2 heteroatoms. The second-order valence-electron chi connectivity index (χ2n) is 6.64. The summed E-state index contributed by atoms with van der Waals surface area (Å²) in [5, 5.41) is 3.69. The fourth-order valence-corrected chi connectivity index (χ4v) is 2.57. The molecule has 2 nitrogen and oxygen atoms in total. The fraction of sp³-hybridized carbons (Fsp3) is 1.00. The van der Waals surface area contributed by atoms with E-state index in [0.29, 0.717) is 11.5 Å². The van der Waals surface area contributed by atoms with Gasteiger partial charge < -0.3 is 10.1 Å². The Bertz CT molecular complexity index is 198. The van der Waals surface area contributed by atoms with Gasteiger partial charge in [-0.3, -0.25) is 0 Å². The summed E-state index contributed by atoms with van der Waals surface area (Å²) in [5.41, 5.74) is 0.474. The molecule has 1 heterocycles. The van der Waals surface area contributed by atoms with Gasteiger partial charge in [0.2, 0.25) is 0 Å². The largest absolute Gasteiger partial charge is 0.381 e. The quantitative estimate of drug-likeness (QED) is 0.767. The second kappa shape index (κ2) is 7.38. The molecule has 0 aromatic rings. The predicted octanol–water partition coefficient (Wildman–Crippen LogP) is 3.61. The molecule has 0 aromatic carbocycles. The van der Waals surface area contributed by atoms with E-state index in [9.17, 15) is 0 Å². The zero-order chi connectivity index (χ0) is 12.7. The van der Waals surface area contributed by atoms with E-state index < -0.39 is 0 Å². The molecule has 0 aromatic heterocycles. The van der Waals surface area contributed by atoms with Gasteiger partial charge in [0.25, 0.3) is 0 Å². The minimum absolute atomic E-state index is 0.474. The molecule has 1 fully saturated rings. The summed E-state index contributed by atoms with van der Waals surface area (Å²) < 4.78 is 5.63. The Morgan fingerprint density at radius 3 is 2.71 bits per heavy atom. The highest BCUT2D eigenvalue weighted by Crippen LogP contribution is 2.26. The number of hydrogen-bond donors (Lipinski definition) is 1. The molecule has 1 N–H and O–H groups in total. The molecule has 1 aliphatic heterocycles. The molecular weight excluding hydrogens is 210 g/mol. The van der Waals surface area contributed by atoms with Crippen molar-refractivity contribution in [2.24, 2.45) is 11.3 Å². The van der Waals surface area contributed by atoms with Crippen LogP contribution < -0.4 is 5.32 Å². The van der Waals surface area contributed by atoms with Gasteiger partial charge in [-0.25, -0.2) is 0 Å². The molecule has 0 saturated carbocycles. The van der Waals surface area contributed by atoms with Gasteiger partial charge in [0.05, 0.1) is 6.61 Å². The van der Waals surface area contributed by atoms with Crippen LogP contribution in [-0.4, -0.2) is 25.8 Å². The van der Waals surface area contributed by atoms with Crippen molar-refractivity contribution in [3.8, 4) is 0 Å². The number of hydrogen-bond acceptors (Lipinski definition) is 2. The Morgan fingerprint density at radius 1 is 1.29 bits per heavy atom. The van der Waals surface area contributed by atoms with Crippen LogP contribution in [0, 0.1) is 11.3 Å². The lowest BCUT2D eigenvalue weighted by Gasteiger charge is -2.33. The zero-order valence-electron chi connectivity index (χ0n) is 12.2. The molecule has 1 aliphatic rings. The number of rotatable bonds is 6. The standard InChI is InChI=1S/C15H31NO/c1-5-10-16-14-8-11-17-12-13(14)7-6-9-15(2,3)4/h13-14,16H,5-12H2,1-4H3. The third-order valence-corrected chi connectivity index (χ3v) is 3.63. The van der Waals surface area contributed by atoms with Crippen molar-refractivity contribution < 1.29 is 4.74 Å². The minimum atomic E-state index is 0.474. The van der Waals surface area contributed by atoms with Crippen LogP contribution in [0.5, 0.6) is 0 Å². The summed E-state index contributed by atoms with van der Waals surface area (Å²) in [6.07, 6.45) is 6.40. The van der Waals surface area contributed by atoms with Gasteiger partial charge in [-0.1, -0.05) is 34.1 Å². The molecular formula is C15H31NO. The molecule has 0 bridgehead atoms. The first-order valence-electron chi connectivity index (χ1n) is 7.34. The summed E-state index contributed by atoms with van der Waals surface area (Å²) >= 11 is 0. The Balaban J connectivity index is 2.27. The van der Waals surface area contributed by atoms with Crippen molar-refractivity contribution >= 4 is 0 Å². The van der Waals surface area contributed by atoms with Crippen LogP contribution in [0.4, 0.5) is 0 Å². The van der Waals surface area contributed by atoms with Gasteiger partial charge >= 0.3 is 0 Å². The molecule has 102 valence electrons. The molecule has 2 atom stereocenters. The maximum Gasteiger partial charge on any atom is 0.0509 e. The van der Waals surface area contributed by atoms with Crippen molar-refractivity contribution in [1.82, 2.24) is 5.32 Å². The lowest BCUT2D eigenvalue weighted by Crippen LogP contribution is -2.43. The molecule has 1 saturated heterocycles. The van der Waals surface area contributed by atoms with E-state index in [1.807, 2.05) is 0 Å². The normalized spacial score (nSPS) is 26.1. The van der Waals surface area contributed by atoms with Crippen LogP contribution in [0.1, 0.15) is 59.8 Å². The Morgan fingerprint density at radius 2 is 2.06 bits per heavy atom. The van der Waals surface area contributed by atoms with Gasteiger partial charge in [-0.2, -0.15) is 0 Å². The monoisotopic (exact) mass is 241 g/mol. The molecule has 0 radical (unpaired) electrons. The van der Waals surface area contributed by atoms with Crippen molar-refractivity contribution in [2.75, 3.05) is 19.8 Å².